The molecule has 3 heteroatoms. The lowest BCUT2D eigenvalue weighted by Gasteiger charge is -2.36. The van der Waals surface area contributed by atoms with E-state index in [9.17, 15) is 4.79 Å². The molecule has 0 saturated heterocycles. The maximum absolute atomic E-state index is 11.9. The lowest BCUT2D eigenvalue weighted by Crippen LogP contribution is -2.50. The third kappa shape index (κ3) is 13.9. The average Bonchev–Trinajstić information content (AvgIpc) is 2.64. The fourth-order valence-electron chi connectivity index (χ4n) is 3.32. The SMILES string of the molecule is C=C(C)C(=O)OC(CCCCCCCCCCCCCCC)[N+](C)(C)CC. The van der Waals surface area contributed by atoms with Crippen LogP contribution >= 0.6 is 0 Å². The van der Waals surface area contributed by atoms with Crippen molar-refractivity contribution in [1.29, 1.82) is 0 Å². The second-order valence-corrected chi connectivity index (χ2v) is 8.77. The molecule has 0 spiro atoms. The number of carbonyl (C=O) groups is 1. The lowest BCUT2D eigenvalue weighted by molar-refractivity contribution is -0.933. The molecular formula is C24H48NO2+. The van der Waals surface area contributed by atoms with Crippen LogP contribution in [0.5, 0.6) is 0 Å². The molecule has 0 saturated carbocycles. The van der Waals surface area contributed by atoms with E-state index in [2.05, 4.69) is 34.5 Å². The number of quaternary nitrogens is 1. The van der Waals surface area contributed by atoms with Crippen molar-refractivity contribution in [3.63, 3.8) is 0 Å². The van der Waals surface area contributed by atoms with Gasteiger partial charge >= 0.3 is 5.97 Å². The molecule has 0 aromatic heterocycles. The molecule has 3 nitrogen and oxygen atoms in total. The van der Waals surface area contributed by atoms with Gasteiger partial charge in [0, 0.05) is 12.0 Å². The summed E-state index contributed by atoms with van der Waals surface area (Å²) in [5.41, 5.74) is 0.487. The molecule has 0 aromatic rings. The normalized spacial score (nSPS) is 12.8. The summed E-state index contributed by atoms with van der Waals surface area (Å²) < 4.78 is 6.43. The Morgan fingerprint density at radius 2 is 1.22 bits per heavy atom. The Morgan fingerprint density at radius 1 is 0.815 bits per heavy atom. The predicted octanol–water partition coefficient (Wildman–Crippen LogP) is 7.01. The quantitative estimate of drug-likeness (QED) is 0.0837. The molecule has 0 amide bonds. The Kier molecular flexibility index (Phi) is 15.7. The van der Waals surface area contributed by atoms with Crippen LogP contribution < -0.4 is 0 Å². The van der Waals surface area contributed by atoms with Crippen molar-refractivity contribution in [2.75, 3.05) is 20.6 Å². The van der Waals surface area contributed by atoms with Gasteiger partial charge in [0.05, 0.1) is 20.6 Å². The summed E-state index contributed by atoms with van der Waals surface area (Å²) in [6.45, 7) is 10.8. The molecule has 0 rings (SSSR count). The van der Waals surface area contributed by atoms with Gasteiger partial charge in [-0.25, -0.2) is 4.79 Å². The third-order valence-electron chi connectivity index (χ3n) is 5.74. The van der Waals surface area contributed by atoms with E-state index in [4.69, 9.17) is 4.74 Å². The molecule has 0 heterocycles. The van der Waals surface area contributed by atoms with Gasteiger partial charge in [-0.3, -0.25) is 4.48 Å². The van der Waals surface area contributed by atoms with Crippen LogP contribution in [0.4, 0.5) is 0 Å². The van der Waals surface area contributed by atoms with Crippen LogP contribution in [0.15, 0.2) is 12.2 Å². The van der Waals surface area contributed by atoms with E-state index in [1.54, 1.807) is 6.92 Å². The van der Waals surface area contributed by atoms with E-state index in [-0.39, 0.29) is 12.2 Å². The summed E-state index contributed by atoms with van der Waals surface area (Å²) in [6.07, 6.45) is 18.5. The Balaban J connectivity index is 3.77. The Bertz CT molecular complexity index is 390. The number of rotatable bonds is 18. The van der Waals surface area contributed by atoms with Crippen LogP contribution in [0.1, 0.15) is 111 Å². The van der Waals surface area contributed by atoms with E-state index in [1.165, 1.54) is 77.0 Å². The van der Waals surface area contributed by atoms with Crippen LogP contribution in [0.2, 0.25) is 0 Å². The Labute approximate surface area is 170 Å². The van der Waals surface area contributed by atoms with Crippen molar-refractivity contribution in [2.45, 2.75) is 117 Å². The summed E-state index contributed by atoms with van der Waals surface area (Å²) >= 11 is 0. The number of carbonyl (C=O) groups excluding carboxylic acids is 1. The van der Waals surface area contributed by atoms with Crippen molar-refractivity contribution >= 4 is 5.97 Å². The zero-order chi connectivity index (χ0) is 20.5. The minimum Gasteiger partial charge on any atom is -0.409 e. The molecule has 160 valence electrons. The summed E-state index contributed by atoms with van der Waals surface area (Å²) in [6, 6.07) is 0. The largest absolute Gasteiger partial charge is 0.409 e. The fourth-order valence-corrected chi connectivity index (χ4v) is 3.32. The highest BCUT2D eigenvalue weighted by Gasteiger charge is 2.29. The number of ether oxygens (including phenoxy) is 1. The summed E-state index contributed by atoms with van der Waals surface area (Å²) in [7, 11) is 4.28. The first-order valence-corrected chi connectivity index (χ1v) is 11.5. The number of hydrogen-bond acceptors (Lipinski definition) is 2. The number of nitrogens with zero attached hydrogens (tertiary/aromatic N) is 1. The van der Waals surface area contributed by atoms with Crippen LogP contribution in [0.25, 0.3) is 0 Å². The highest BCUT2D eigenvalue weighted by molar-refractivity contribution is 5.86. The molecule has 1 atom stereocenters. The van der Waals surface area contributed by atoms with Gasteiger partial charge in [0.1, 0.15) is 0 Å². The van der Waals surface area contributed by atoms with E-state index >= 15 is 0 Å². The molecule has 27 heavy (non-hydrogen) atoms. The maximum Gasteiger partial charge on any atom is 0.337 e. The van der Waals surface area contributed by atoms with E-state index < -0.39 is 0 Å². The van der Waals surface area contributed by atoms with Crippen molar-refractivity contribution in [3.8, 4) is 0 Å². The van der Waals surface area contributed by atoms with Crippen LogP contribution in [-0.2, 0) is 9.53 Å². The van der Waals surface area contributed by atoms with Gasteiger partial charge in [0.25, 0.3) is 0 Å². The van der Waals surface area contributed by atoms with Crippen LogP contribution in [0, 0.1) is 0 Å². The fraction of sp³-hybridized carbons (Fsp3) is 0.875. The van der Waals surface area contributed by atoms with E-state index in [0.717, 1.165) is 23.9 Å². The summed E-state index contributed by atoms with van der Waals surface area (Å²) in [5.74, 6) is -0.255. The minimum absolute atomic E-state index is 0.0630. The topological polar surface area (TPSA) is 26.3 Å². The zero-order valence-corrected chi connectivity index (χ0v) is 19.2. The van der Waals surface area contributed by atoms with E-state index in [1.807, 2.05) is 0 Å². The summed E-state index contributed by atoms with van der Waals surface area (Å²) in [5, 5.41) is 0. The van der Waals surface area contributed by atoms with Crippen LogP contribution in [-0.4, -0.2) is 37.3 Å². The maximum atomic E-state index is 11.9. The molecular weight excluding hydrogens is 334 g/mol. The van der Waals surface area contributed by atoms with Gasteiger partial charge in [-0.2, -0.15) is 0 Å². The third-order valence-corrected chi connectivity index (χ3v) is 5.74. The number of hydrogen-bond donors (Lipinski definition) is 0. The highest BCUT2D eigenvalue weighted by Crippen LogP contribution is 2.19. The van der Waals surface area contributed by atoms with Crippen molar-refractivity contribution < 1.29 is 14.0 Å². The Hall–Kier alpha value is -0.830. The molecule has 0 aliphatic rings. The predicted molar refractivity (Wildman–Crippen MR) is 118 cm³/mol. The van der Waals surface area contributed by atoms with Gasteiger partial charge in [0.2, 0.25) is 6.23 Å². The van der Waals surface area contributed by atoms with Crippen molar-refractivity contribution in [1.82, 2.24) is 0 Å². The van der Waals surface area contributed by atoms with Crippen molar-refractivity contribution in [2.24, 2.45) is 0 Å². The lowest BCUT2D eigenvalue weighted by atomic mass is 10.0. The molecule has 0 radical (unpaired) electrons. The highest BCUT2D eigenvalue weighted by atomic mass is 16.6. The van der Waals surface area contributed by atoms with E-state index in [0.29, 0.717) is 5.57 Å². The monoisotopic (exact) mass is 382 g/mol. The zero-order valence-electron chi connectivity index (χ0n) is 19.2. The average molecular weight is 383 g/mol. The number of unbranched alkanes of at least 4 members (excludes halogenated alkanes) is 12. The van der Waals surface area contributed by atoms with Crippen molar-refractivity contribution in [3.05, 3.63) is 12.2 Å². The molecule has 0 fully saturated rings. The van der Waals surface area contributed by atoms with Gasteiger partial charge < -0.3 is 4.74 Å². The molecule has 0 aliphatic heterocycles. The molecule has 0 aliphatic carbocycles. The summed E-state index contributed by atoms with van der Waals surface area (Å²) in [4.78, 5) is 11.9. The Morgan fingerprint density at radius 3 is 1.59 bits per heavy atom. The van der Waals surface area contributed by atoms with Gasteiger partial charge in [0.15, 0.2) is 0 Å². The minimum atomic E-state index is -0.255. The smallest absolute Gasteiger partial charge is 0.337 e. The first-order chi connectivity index (χ1) is 12.8. The van der Waals surface area contributed by atoms with Gasteiger partial charge in [-0.1, -0.05) is 90.6 Å². The van der Waals surface area contributed by atoms with Gasteiger partial charge in [-0.15, -0.1) is 0 Å². The first kappa shape index (κ1) is 26.2. The van der Waals surface area contributed by atoms with Gasteiger partial charge in [-0.05, 0) is 20.3 Å². The number of esters is 1. The molecule has 0 N–H and O–H groups in total. The molecule has 0 aromatic carbocycles. The second-order valence-electron chi connectivity index (χ2n) is 8.77. The standard InChI is InChI=1S/C24H48NO2/c1-7-9-10-11-12-13-14-15-16-17-18-19-20-21-23(25(5,6)8-2)27-24(26)22(3)4/h23H,3,7-21H2,1-2,4-6H3/q+1. The first-order valence-electron chi connectivity index (χ1n) is 11.5. The molecule has 1 unspecified atom stereocenters. The molecule has 0 bridgehead atoms. The second kappa shape index (κ2) is 16.2. The van der Waals surface area contributed by atoms with Crippen LogP contribution in [0.3, 0.4) is 0 Å².